The molecular weight excluding hydrogens is 276 g/mol. The van der Waals surface area contributed by atoms with Crippen LogP contribution in [0, 0.1) is 0 Å². The summed E-state index contributed by atoms with van der Waals surface area (Å²) in [7, 11) is -3.06. The van der Waals surface area contributed by atoms with Crippen molar-refractivity contribution in [2.24, 2.45) is 0 Å². The third-order valence-electron chi connectivity index (χ3n) is 3.43. The Labute approximate surface area is 120 Å². The van der Waals surface area contributed by atoms with E-state index in [4.69, 9.17) is 0 Å². The summed E-state index contributed by atoms with van der Waals surface area (Å²) in [5.74, 6) is 0.917. The van der Waals surface area contributed by atoms with Gasteiger partial charge >= 0.3 is 0 Å². The van der Waals surface area contributed by atoms with Crippen molar-refractivity contribution >= 4 is 15.8 Å². The second-order valence-corrected chi connectivity index (χ2v) is 6.96. The zero-order valence-electron chi connectivity index (χ0n) is 12.0. The molecule has 2 rings (SSSR count). The Morgan fingerprint density at radius 1 is 1.30 bits per heavy atom. The Morgan fingerprint density at radius 2 is 2.00 bits per heavy atom. The van der Waals surface area contributed by atoms with Gasteiger partial charge in [-0.1, -0.05) is 6.07 Å². The van der Waals surface area contributed by atoms with Crippen molar-refractivity contribution in [3.63, 3.8) is 0 Å². The van der Waals surface area contributed by atoms with Crippen LogP contribution in [0.3, 0.4) is 0 Å². The summed E-state index contributed by atoms with van der Waals surface area (Å²) in [4.78, 5) is 6.61. The van der Waals surface area contributed by atoms with Gasteiger partial charge in [0.05, 0.1) is 6.26 Å². The molecule has 1 fully saturated rings. The fourth-order valence-electron chi connectivity index (χ4n) is 2.35. The molecule has 0 spiro atoms. The smallest absolute Gasteiger partial charge is 0.211 e. The van der Waals surface area contributed by atoms with Gasteiger partial charge in [-0.2, -0.15) is 4.31 Å². The van der Waals surface area contributed by atoms with Crippen LogP contribution in [0.5, 0.6) is 0 Å². The molecule has 0 radical (unpaired) electrons. The van der Waals surface area contributed by atoms with Gasteiger partial charge in [0.25, 0.3) is 0 Å². The molecule has 1 aromatic heterocycles. The first-order valence-electron chi connectivity index (χ1n) is 6.86. The van der Waals surface area contributed by atoms with Crippen LogP contribution in [0.15, 0.2) is 18.3 Å². The van der Waals surface area contributed by atoms with Crippen molar-refractivity contribution in [3.05, 3.63) is 23.9 Å². The number of rotatable bonds is 5. The van der Waals surface area contributed by atoms with Crippen molar-refractivity contribution in [3.8, 4) is 0 Å². The molecule has 1 aliphatic rings. The molecule has 7 heteroatoms. The molecule has 1 aliphatic heterocycles. The minimum Gasteiger partial charge on any atom is -0.370 e. The number of nitrogens with one attached hydrogen (secondary N) is 1. The predicted molar refractivity (Wildman–Crippen MR) is 80.1 cm³/mol. The van der Waals surface area contributed by atoms with Crippen molar-refractivity contribution < 1.29 is 8.42 Å². The van der Waals surface area contributed by atoms with Crippen molar-refractivity contribution in [1.82, 2.24) is 14.2 Å². The van der Waals surface area contributed by atoms with Gasteiger partial charge in [-0.15, -0.1) is 0 Å². The molecule has 112 valence electrons. The van der Waals surface area contributed by atoms with Crippen LogP contribution in [0.2, 0.25) is 0 Å². The molecule has 0 aromatic carbocycles. The van der Waals surface area contributed by atoms with Crippen molar-refractivity contribution in [2.75, 3.05) is 44.3 Å². The summed E-state index contributed by atoms with van der Waals surface area (Å²) in [5, 5.41) is 3.25. The van der Waals surface area contributed by atoms with Gasteiger partial charge in [0.2, 0.25) is 10.0 Å². The van der Waals surface area contributed by atoms with Crippen LogP contribution in [0.25, 0.3) is 0 Å². The van der Waals surface area contributed by atoms with E-state index in [-0.39, 0.29) is 0 Å². The van der Waals surface area contributed by atoms with Gasteiger partial charge in [0.15, 0.2) is 0 Å². The molecule has 1 saturated heterocycles. The molecule has 0 unspecified atom stereocenters. The van der Waals surface area contributed by atoms with Crippen LogP contribution in [0.1, 0.15) is 12.5 Å². The summed E-state index contributed by atoms with van der Waals surface area (Å²) in [5.41, 5.74) is 1.15. The predicted octanol–water partition coefficient (Wildman–Crippen LogP) is 0.591. The van der Waals surface area contributed by atoms with E-state index >= 15 is 0 Å². The van der Waals surface area contributed by atoms with E-state index < -0.39 is 10.0 Å². The lowest BCUT2D eigenvalue weighted by Crippen LogP contribution is -2.47. The molecule has 0 bridgehead atoms. The Bertz CT molecular complexity index is 539. The van der Waals surface area contributed by atoms with E-state index in [0.29, 0.717) is 13.1 Å². The quantitative estimate of drug-likeness (QED) is 0.862. The molecule has 0 atom stereocenters. The number of hydrogen-bond acceptors (Lipinski definition) is 5. The monoisotopic (exact) mass is 298 g/mol. The Hall–Kier alpha value is -1.18. The minimum atomic E-state index is -3.06. The van der Waals surface area contributed by atoms with E-state index in [0.717, 1.165) is 37.6 Å². The highest BCUT2D eigenvalue weighted by atomic mass is 32.2. The van der Waals surface area contributed by atoms with Crippen LogP contribution >= 0.6 is 0 Å². The van der Waals surface area contributed by atoms with E-state index in [1.807, 2.05) is 13.0 Å². The second kappa shape index (κ2) is 6.51. The molecule has 1 aromatic rings. The largest absolute Gasteiger partial charge is 0.370 e. The normalized spacial score (nSPS) is 18.1. The van der Waals surface area contributed by atoms with Gasteiger partial charge in [-0.25, -0.2) is 13.4 Å². The van der Waals surface area contributed by atoms with E-state index in [9.17, 15) is 8.42 Å². The van der Waals surface area contributed by atoms with Crippen molar-refractivity contribution in [1.29, 1.82) is 0 Å². The maximum atomic E-state index is 11.5. The van der Waals surface area contributed by atoms with Crippen molar-refractivity contribution in [2.45, 2.75) is 13.5 Å². The number of pyridine rings is 1. The first kappa shape index (κ1) is 15.2. The molecule has 20 heavy (non-hydrogen) atoms. The summed E-state index contributed by atoms with van der Waals surface area (Å²) in [6, 6.07) is 4.00. The number of anilines is 1. The average molecular weight is 298 g/mol. The fraction of sp³-hybridized carbons (Fsp3) is 0.615. The first-order valence-corrected chi connectivity index (χ1v) is 8.70. The lowest BCUT2D eigenvalue weighted by atomic mass is 10.2. The zero-order chi connectivity index (χ0) is 14.6. The Kier molecular flexibility index (Phi) is 4.95. The molecule has 0 aliphatic carbocycles. The summed E-state index contributed by atoms with van der Waals surface area (Å²) >= 11 is 0. The maximum Gasteiger partial charge on any atom is 0.211 e. The first-order chi connectivity index (χ1) is 9.50. The van der Waals surface area contributed by atoms with Gasteiger partial charge in [0, 0.05) is 51.0 Å². The van der Waals surface area contributed by atoms with E-state index in [1.165, 1.54) is 10.6 Å². The minimum absolute atomic E-state index is 0.565. The number of nitrogens with zero attached hydrogens (tertiary/aromatic N) is 3. The Morgan fingerprint density at radius 3 is 2.60 bits per heavy atom. The fourth-order valence-corrected chi connectivity index (χ4v) is 3.18. The molecule has 2 heterocycles. The second-order valence-electron chi connectivity index (χ2n) is 4.98. The highest BCUT2D eigenvalue weighted by Crippen LogP contribution is 2.16. The molecular formula is C13H22N4O2S. The lowest BCUT2D eigenvalue weighted by Gasteiger charge is -2.33. The van der Waals surface area contributed by atoms with Crippen LogP contribution in [-0.4, -0.2) is 61.6 Å². The summed E-state index contributed by atoms with van der Waals surface area (Å²) in [6.45, 7) is 6.33. The third-order valence-corrected chi connectivity index (χ3v) is 4.73. The van der Waals surface area contributed by atoms with Gasteiger partial charge in [0.1, 0.15) is 5.82 Å². The number of aromatic nitrogens is 1. The summed E-state index contributed by atoms with van der Waals surface area (Å²) in [6.07, 6.45) is 3.05. The topological polar surface area (TPSA) is 65.5 Å². The molecule has 6 nitrogen and oxygen atoms in total. The molecule has 0 saturated carbocycles. The maximum absolute atomic E-state index is 11.5. The van der Waals surface area contributed by atoms with Gasteiger partial charge in [-0.05, 0) is 13.0 Å². The molecule has 1 N–H and O–H groups in total. The summed E-state index contributed by atoms with van der Waals surface area (Å²) < 4.78 is 24.5. The van der Waals surface area contributed by atoms with Gasteiger partial charge < -0.3 is 5.32 Å². The average Bonchev–Trinajstić information content (AvgIpc) is 2.41. The SMILES string of the molecule is CCNc1ncccc1CN1CCN(S(C)(=O)=O)CC1. The third kappa shape index (κ3) is 3.91. The lowest BCUT2D eigenvalue weighted by molar-refractivity contribution is 0.182. The van der Waals surface area contributed by atoms with E-state index in [2.05, 4.69) is 21.3 Å². The van der Waals surface area contributed by atoms with Crippen LogP contribution in [0.4, 0.5) is 5.82 Å². The number of hydrogen-bond donors (Lipinski definition) is 1. The number of piperazine rings is 1. The standard InChI is InChI=1S/C13H22N4O2S/c1-3-14-13-12(5-4-6-15-13)11-16-7-9-17(10-8-16)20(2,18)19/h4-6H,3,7-11H2,1-2H3,(H,14,15). The van der Waals surface area contributed by atoms with Gasteiger partial charge in [-0.3, -0.25) is 4.90 Å². The Balaban J connectivity index is 1.96. The van der Waals surface area contributed by atoms with E-state index in [1.54, 1.807) is 6.20 Å². The highest BCUT2D eigenvalue weighted by molar-refractivity contribution is 7.88. The highest BCUT2D eigenvalue weighted by Gasteiger charge is 2.23. The van der Waals surface area contributed by atoms with Crippen LogP contribution < -0.4 is 5.32 Å². The molecule has 0 amide bonds. The zero-order valence-corrected chi connectivity index (χ0v) is 12.9. The van der Waals surface area contributed by atoms with Crippen LogP contribution in [-0.2, 0) is 16.6 Å². The number of sulfonamides is 1.